The molecule has 0 spiro atoms. The van der Waals surface area contributed by atoms with E-state index in [0.29, 0.717) is 6.61 Å². The van der Waals surface area contributed by atoms with Crippen molar-refractivity contribution in [3.63, 3.8) is 0 Å². The average Bonchev–Trinajstić information content (AvgIpc) is 3.34. The van der Waals surface area contributed by atoms with Crippen LogP contribution in [0.15, 0.2) is 114 Å². The van der Waals surface area contributed by atoms with Crippen LogP contribution in [0.2, 0.25) is 0 Å². The van der Waals surface area contributed by atoms with Crippen molar-refractivity contribution >= 4 is 5.71 Å². The second-order valence-electron chi connectivity index (χ2n) is 8.36. The van der Waals surface area contributed by atoms with Gasteiger partial charge in [0.25, 0.3) is 0 Å². The Hall–Kier alpha value is -4.05. The van der Waals surface area contributed by atoms with Crippen LogP contribution in [0.25, 0.3) is 0 Å². The van der Waals surface area contributed by atoms with Crippen molar-refractivity contribution in [2.45, 2.75) is 25.3 Å². The van der Waals surface area contributed by atoms with E-state index in [1.807, 2.05) is 42.5 Å². The van der Waals surface area contributed by atoms with Crippen molar-refractivity contribution in [3.8, 4) is 11.5 Å². The number of rotatable bonds is 5. The molecule has 0 fully saturated rings. The molecule has 0 N–H and O–H groups in total. The third-order valence-electron chi connectivity index (χ3n) is 6.22. The second kappa shape index (κ2) is 8.47. The Kier molecular flexibility index (Phi) is 5.04. The molecule has 2 aliphatic rings. The van der Waals surface area contributed by atoms with Crippen molar-refractivity contribution < 1.29 is 9.47 Å². The Morgan fingerprint density at radius 1 is 0.788 bits per heavy atom. The van der Waals surface area contributed by atoms with Crippen molar-refractivity contribution in [2.75, 3.05) is 0 Å². The summed E-state index contributed by atoms with van der Waals surface area (Å²) in [5, 5.41) is 7.14. The zero-order valence-corrected chi connectivity index (χ0v) is 18.2. The summed E-state index contributed by atoms with van der Waals surface area (Å²) in [6.45, 7) is 0.548. The molecule has 0 aliphatic carbocycles. The third-order valence-corrected chi connectivity index (χ3v) is 6.22. The fraction of sp³-hybridized carbons (Fsp3) is 0.138. The van der Waals surface area contributed by atoms with E-state index in [1.165, 1.54) is 5.56 Å². The van der Waals surface area contributed by atoms with Crippen LogP contribution in [0, 0.1) is 0 Å². The van der Waals surface area contributed by atoms with Gasteiger partial charge in [-0.05, 0) is 41.5 Å². The summed E-state index contributed by atoms with van der Waals surface area (Å²) >= 11 is 0. The number of ether oxygens (including phenoxy) is 2. The summed E-state index contributed by atoms with van der Waals surface area (Å²) in [5.74, 6) is 1.77. The highest BCUT2D eigenvalue weighted by molar-refractivity contribution is 6.01. The van der Waals surface area contributed by atoms with Crippen LogP contribution in [-0.2, 0) is 6.61 Å². The first-order valence-corrected chi connectivity index (χ1v) is 11.3. The van der Waals surface area contributed by atoms with Gasteiger partial charge in [0.2, 0.25) is 6.23 Å². The maximum absolute atomic E-state index is 6.46. The molecule has 0 unspecified atom stereocenters. The topological polar surface area (TPSA) is 34.1 Å². The first kappa shape index (κ1) is 19.6. The summed E-state index contributed by atoms with van der Waals surface area (Å²) < 4.78 is 12.4. The molecule has 0 bridgehead atoms. The Labute approximate surface area is 193 Å². The van der Waals surface area contributed by atoms with Crippen molar-refractivity contribution in [2.24, 2.45) is 5.10 Å². The van der Waals surface area contributed by atoms with Crippen LogP contribution in [-0.4, -0.2) is 10.7 Å². The highest BCUT2D eigenvalue weighted by atomic mass is 16.5. The van der Waals surface area contributed by atoms with Gasteiger partial charge >= 0.3 is 0 Å². The summed E-state index contributed by atoms with van der Waals surface area (Å²) in [6.07, 6.45) is 0.577. The van der Waals surface area contributed by atoms with E-state index in [4.69, 9.17) is 14.6 Å². The lowest BCUT2D eigenvalue weighted by Gasteiger charge is -2.38. The summed E-state index contributed by atoms with van der Waals surface area (Å²) in [5.41, 5.74) is 5.64. The van der Waals surface area contributed by atoms with Gasteiger partial charge in [-0.15, -0.1) is 0 Å². The van der Waals surface area contributed by atoms with E-state index in [0.717, 1.165) is 40.3 Å². The Morgan fingerprint density at radius 2 is 1.48 bits per heavy atom. The summed E-state index contributed by atoms with van der Waals surface area (Å²) in [6, 6.07) is 37.2. The molecule has 4 aromatic carbocycles. The molecule has 2 heterocycles. The molecule has 4 heteroatoms. The van der Waals surface area contributed by atoms with Crippen molar-refractivity contribution in [1.82, 2.24) is 5.01 Å². The summed E-state index contributed by atoms with van der Waals surface area (Å²) in [7, 11) is 0. The van der Waals surface area contributed by atoms with E-state index in [9.17, 15) is 0 Å². The molecule has 2 aliphatic heterocycles. The monoisotopic (exact) mass is 432 g/mol. The minimum atomic E-state index is -0.283. The molecule has 0 amide bonds. The zero-order chi connectivity index (χ0) is 22.0. The molecule has 6 rings (SSSR count). The van der Waals surface area contributed by atoms with Crippen molar-refractivity contribution in [1.29, 1.82) is 0 Å². The number of fused-ring (bicyclic) bond motifs is 3. The lowest BCUT2D eigenvalue weighted by atomic mass is 9.96. The first-order valence-electron chi connectivity index (χ1n) is 11.3. The Balaban J connectivity index is 1.28. The molecule has 0 saturated carbocycles. The van der Waals surface area contributed by atoms with Crippen LogP contribution < -0.4 is 9.47 Å². The molecule has 0 radical (unpaired) electrons. The third kappa shape index (κ3) is 3.85. The fourth-order valence-corrected chi connectivity index (χ4v) is 4.53. The minimum absolute atomic E-state index is 0.157. The van der Waals surface area contributed by atoms with Gasteiger partial charge < -0.3 is 9.47 Å². The van der Waals surface area contributed by atoms with Gasteiger partial charge in [0.15, 0.2) is 0 Å². The summed E-state index contributed by atoms with van der Waals surface area (Å²) in [4.78, 5) is 0. The Morgan fingerprint density at radius 3 is 2.27 bits per heavy atom. The van der Waals surface area contributed by atoms with Crippen LogP contribution >= 0.6 is 0 Å². The Bertz CT molecular complexity index is 1270. The smallest absolute Gasteiger partial charge is 0.213 e. The number of hydrogen-bond acceptors (Lipinski definition) is 4. The standard InChI is InChI=1S/C29H24N2O2/c1-3-9-21(10-4-1)20-32-24-17-15-23(16-18-24)29-31-27(25-13-7-8-14-28(25)33-29)19-26(30-31)22-11-5-2-6-12-22/h1-18,27,29H,19-20H2/t27-,29-/m1/s1. The molecule has 4 nitrogen and oxygen atoms in total. The van der Waals surface area contributed by atoms with E-state index >= 15 is 0 Å². The van der Waals surface area contributed by atoms with E-state index < -0.39 is 0 Å². The van der Waals surface area contributed by atoms with Crippen LogP contribution in [0.4, 0.5) is 0 Å². The quantitative estimate of drug-likeness (QED) is 0.361. The maximum Gasteiger partial charge on any atom is 0.213 e. The predicted molar refractivity (Wildman–Crippen MR) is 129 cm³/mol. The lowest BCUT2D eigenvalue weighted by molar-refractivity contribution is -0.0190. The maximum atomic E-state index is 6.46. The van der Waals surface area contributed by atoms with Crippen LogP contribution in [0.1, 0.15) is 40.9 Å². The molecular formula is C29H24N2O2. The van der Waals surface area contributed by atoms with Crippen molar-refractivity contribution in [3.05, 3.63) is 131 Å². The lowest BCUT2D eigenvalue weighted by Crippen LogP contribution is -2.33. The van der Waals surface area contributed by atoms with Gasteiger partial charge in [-0.25, -0.2) is 5.01 Å². The number of para-hydroxylation sites is 1. The fourth-order valence-electron chi connectivity index (χ4n) is 4.53. The molecule has 4 aromatic rings. The number of benzene rings is 4. The van der Waals surface area contributed by atoms with Gasteiger partial charge in [-0.1, -0.05) is 78.9 Å². The van der Waals surface area contributed by atoms with E-state index in [2.05, 4.69) is 71.7 Å². The molecule has 33 heavy (non-hydrogen) atoms. The first-order chi connectivity index (χ1) is 16.3. The molecule has 0 saturated heterocycles. The van der Waals surface area contributed by atoms with Gasteiger partial charge in [-0.2, -0.15) is 5.10 Å². The molecule has 162 valence electrons. The number of hydrogen-bond donors (Lipinski definition) is 0. The normalized spacial score (nSPS) is 18.7. The van der Waals surface area contributed by atoms with Crippen LogP contribution in [0.3, 0.4) is 0 Å². The second-order valence-corrected chi connectivity index (χ2v) is 8.36. The van der Waals surface area contributed by atoms with E-state index in [-0.39, 0.29) is 12.3 Å². The zero-order valence-electron chi connectivity index (χ0n) is 18.2. The minimum Gasteiger partial charge on any atom is -0.489 e. The SMILES string of the molecule is c1ccc(COc2ccc([C@H]3Oc4ccccc4[C@H]4CC(c5ccccc5)=NN43)cc2)cc1. The van der Waals surface area contributed by atoms with Gasteiger partial charge in [0.1, 0.15) is 18.1 Å². The van der Waals surface area contributed by atoms with Crippen LogP contribution in [0.5, 0.6) is 11.5 Å². The van der Waals surface area contributed by atoms with Gasteiger partial charge in [0.05, 0.1) is 11.8 Å². The van der Waals surface area contributed by atoms with Gasteiger partial charge in [0, 0.05) is 17.5 Å². The molecule has 0 aromatic heterocycles. The number of nitrogens with zero attached hydrogens (tertiary/aromatic N) is 2. The largest absolute Gasteiger partial charge is 0.489 e. The highest BCUT2D eigenvalue weighted by Crippen LogP contribution is 2.47. The molecular weight excluding hydrogens is 408 g/mol. The highest BCUT2D eigenvalue weighted by Gasteiger charge is 2.40. The van der Waals surface area contributed by atoms with Gasteiger partial charge in [-0.3, -0.25) is 0 Å². The average molecular weight is 433 g/mol. The predicted octanol–water partition coefficient (Wildman–Crippen LogP) is 6.51. The number of hydrazone groups is 1. The van der Waals surface area contributed by atoms with E-state index in [1.54, 1.807) is 0 Å². The molecule has 2 atom stereocenters.